The van der Waals surface area contributed by atoms with Gasteiger partial charge in [0.2, 0.25) is 5.91 Å². The molecule has 2 aliphatic heterocycles. The lowest BCUT2D eigenvalue weighted by Gasteiger charge is -2.53. The van der Waals surface area contributed by atoms with Crippen molar-refractivity contribution >= 4 is 22.7 Å². The summed E-state index contributed by atoms with van der Waals surface area (Å²) in [5.74, 6) is 0.938. The van der Waals surface area contributed by atoms with Crippen LogP contribution in [0.3, 0.4) is 0 Å². The first kappa shape index (κ1) is 26.4. The normalized spacial score (nSPS) is 25.2. The molecule has 6 rings (SSSR count). The molecule has 1 atom stereocenters. The second-order valence-corrected chi connectivity index (χ2v) is 12.0. The first-order valence-electron chi connectivity index (χ1n) is 14.2. The molecule has 40 heavy (non-hydrogen) atoms. The van der Waals surface area contributed by atoms with Gasteiger partial charge in [-0.05, 0) is 80.0 Å². The number of piperazine rings is 1. The van der Waals surface area contributed by atoms with Crippen LogP contribution in [-0.4, -0.2) is 71.8 Å². The van der Waals surface area contributed by atoms with Crippen LogP contribution in [0.2, 0.25) is 0 Å². The quantitative estimate of drug-likeness (QED) is 0.509. The van der Waals surface area contributed by atoms with Crippen LogP contribution in [0.25, 0.3) is 10.9 Å². The summed E-state index contributed by atoms with van der Waals surface area (Å²) in [6.45, 7) is 5.03. The average molecular weight is 540 g/mol. The summed E-state index contributed by atoms with van der Waals surface area (Å²) in [6.07, 6.45) is 6.01. The number of benzene rings is 2. The van der Waals surface area contributed by atoms with Gasteiger partial charge in [-0.15, -0.1) is 0 Å². The lowest BCUT2D eigenvalue weighted by atomic mass is 9.56. The number of rotatable bonds is 5. The molecule has 3 heterocycles. The highest BCUT2D eigenvalue weighted by Gasteiger charge is 2.49. The lowest BCUT2D eigenvalue weighted by molar-refractivity contribution is -0.133. The van der Waals surface area contributed by atoms with Crippen LogP contribution in [0.5, 0.6) is 5.75 Å². The van der Waals surface area contributed by atoms with Crippen LogP contribution in [0.4, 0.5) is 0 Å². The van der Waals surface area contributed by atoms with E-state index in [1.165, 1.54) is 16.5 Å². The third-order valence-corrected chi connectivity index (χ3v) is 9.52. The molecular weight excluding hydrogens is 502 g/mol. The monoisotopic (exact) mass is 539 g/mol. The first-order chi connectivity index (χ1) is 19.3. The molecule has 208 valence electrons. The summed E-state index contributed by atoms with van der Waals surface area (Å²) < 4.78 is 5.86. The van der Waals surface area contributed by atoms with Gasteiger partial charge in [0, 0.05) is 66.9 Å². The van der Waals surface area contributed by atoms with Gasteiger partial charge in [0.05, 0.1) is 13.2 Å². The number of hydrogen-bond acceptors (Lipinski definition) is 5. The van der Waals surface area contributed by atoms with Crippen molar-refractivity contribution in [2.75, 3.05) is 40.3 Å². The van der Waals surface area contributed by atoms with Crippen LogP contribution < -0.4 is 4.74 Å². The lowest BCUT2D eigenvalue weighted by Crippen LogP contribution is -2.50. The van der Waals surface area contributed by atoms with Crippen molar-refractivity contribution in [3.8, 4) is 11.8 Å². The average Bonchev–Trinajstić information content (AvgIpc) is 3.45. The number of carbonyl (C=O) groups is 2. The molecular formula is C32H37N5O3. The van der Waals surface area contributed by atoms with Crippen LogP contribution in [0.15, 0.2) is 42.6 Å². The predicted molar refractivity (Wildman–Crippen MR) is 153 cm³/mol. The Morgan fingerprint density at radius 3 is 2.62 bits per heavy atom. The molecule has 1 aliphatic carbocycles. The minimum absolute atomic E-state index is 0.0291. The van der Waals surface area contributed by atoms with Gasteiger partial charge in [-0.2, -0.15) is 5.26 Å². The standard InChI is InChI=1S/C32H37N5O3/c1-21-14-28(40-3)26(25-8-10-34-30(21)25)19-36-11-9-32(15-22(16-32)18-33)17-27(36)23-4-6-24(7-5-23)31(39)37-13-12-35(2)29(38)20-37/h4-8,10,14,22,27,34H,9,11-13,15-17,19-20H2,1-3H3/t22?,27-,32?/m0/s1. The Kier molecular flexibility index (Phi) is 6.79. The molecule has 1 saturated carbocycles. The molecule has 3 fully saturated rings. The fourth-order valence-corrected chi connectivity index (χ4v) is 7.09. The number of carbonyl (C=O) groups excluding carboxylic acids is 2. The molecule has 0 unspecified atom stereocenters. The van der Waals surface area contributed by atoms with Gasteiger partial charge in [-0.3, -0.25) is 14.5 Å². The molecule has 0 radical (unpaired) electrons. The van der Waals surface area contributed by atoms with E-state index in [4.69, 9.17) is 4.74 Å². The first-order valence-corrected chi connectivity index (χ1v) is 14.2. The van der Waals surface area contributed by atoms with Crippen molar-refractivity contribution in [1.29, 1.82) is 5.26 Å². The van der Waals surface area contributed by atoms with Gasteiger partial charge in [0.25, 0.3) is 5.91 Å². The number of piperidine rings is 1. The third-order valence-electron chi connectivity index (χ3n) is 9.52. The Labute approximate surface area is 235 Å². The number of aryl methyl sites for hydroxylation is 1. The second-order valence-electron chi connectivity index (χ2n) is 12.0. The van der Waals surface area contributed by atoms with Crippen molar-refractivity contribution in [2.45, 2.75) is 45.2 Å². The summed E-state index contributed by atoms with van der Waals surface area (Å²) in [5.41, 5.74) is 5.48. The van der Waals surface area contributed by atoms with Crippen molar-refractivity contribution in [3.05, 3.63) is 64.8 Å². The van der Waals surface area contributed by atoms with Crippen molar-refractivity contribution in [2.24, 2.45) is 11.3 Å². The van der Waals surface area contributed by atoms with E-state index in [0.29, 0.717) is 18.7 Å². The molecule has 8 nitrogen and oxygen atoms in total. The van der Waals surface area contributed by atoms with Gasteiger partial charge in [0.1, 0.15) is 12.3 Å². The van der Waals surface area contributed by atoms with E-state index in [-0.39, 0.29) is 35.7 Å². The molecule has 3 aliphatic rings. The van der Waals surface area contributed by atoms with Crippen molar-refractivity contribution in [1.82, 2.24) is 19.7 Å². The molecule has 1 aromatic heterocycles. The van der Waals surface area contributed by atoms with Crippen LogP contribution in [0.1, 0.15) is 58.8 Å². The molecule has 8 heteroatoms. The topological polar surface area (TPSA) is 92.7 Å². The van der Waals surface area contributed by atoms with Gasteiger partial charge < -0.3 is 19.5 Å². The maximum absolute atomic E-state index is 13.2. The van der Waals surface area contributed by atoms with Gasteiger partial charge in [-0.25, -0.2) is 0 Å². The summed E-state index contributed by atoms with van der Waals surface area (Å²) >= 11 is 0. The van der Waals surface area contributed by atoms with E-state index in [1.807, 2.05) is 18.3 Å². The molecule has 0 bridgehead atoms. The zero-order chi connectivity index (χ0) is 28.0. The van der Waals surface area contributed by atoms with Crippen LogP contribution in [0, 0.1) is 29.6 Å². The number of nitrogens with zero attached hydrogens (tertiary/aromatic N) is 4. The van der Waals surface area contributed by atoms with Gasteiger partial charge >= 0.3 is 0 Å². The maximum atomic E-state index is 13.2. The van der Waals surface area contributed by atoms with E-state index < -0.39 is 0 Å². The van der Waals surface area contributed by atoms with Crippen molar-refractivity contribution in [3.63, 3.8) is 0 Å². The smallest absolute Gasteiger partial charge is 0.254 e. The van der Waals surface area contributed by atoms with E-state index >= 15 is 0 Å². The van der Waals surface area contributed by atoms with Gasteiger partial charge in [-0.1, -0.05) is 12.1 Å². The molecule has 3 aromatic rings. The van der Waals surface area contributed by atoms with Gasteiger partial charge in [0.15, 0.2) is 0 Å². The number of methoxy groups -OCH3 is 1. The number of H-pyrrole nitrogens is 1. The number of likely N-dealkylation sites (N-methyl/N-ethyl adjacent to an activating group) is 1. The van der Waals surface area contributed by atoms with Crippen LogP contribution in [-0.2, 0) is 11.3 Å². The summed E-state index contributed by atoms with van der Waals surface area (Å²) in [5, 5.41) is 10.7. The minimum atomic E-state index is -0.0972. The molecule has 2 amide bonds. The molecule has 2 aromatic carbocycles. The predicted octanol–water partition coefficient (Wildman–Crippen LogP) is 4.66. The highest BCUT2D eigenvalue weighted by Crippen LogP contribution is 2.56. The Hall–Kier alpha value is -3.83. The number of aromatic nitrogens is 1. The van der Waals surface area contributed by atoms with E-state index in [9.17, 15) is 14.9 Å². The molecule has 2 saturated heterocycles. The summed E-state index contributed by atoms with van der Waals surface area (Å²) in [7, 11) is 3.51. The summed E-state index contributed by atoms with van der Waals surface area (Å²) in [4.78, 5) is 34.6. The fourth-order valence-electron chi connectivity index (χ4n) is 7.09. The molecule has 1 spiro atoms. The second kappa shape index (κ2) is 10.3. The largest absolute Gasteiger partial charge is 0.496 e. The van der Waals surface area contributed by atoms with Crippen molar-refractivity contribution < 1.29 is 14.3 Å². The highest BCUT2D eigenvalue weighted by molar-refractivity contribution is 5.97. The summed E-state index contributed by atoms with van der Waals surface area (Å²) in [6, 6.07) is 14.9. The zero-order valence-corrected chi connectivity index (χ0v) is 23.6. The number of likely N-dealkylation sites (tertiary alicyclic amines) is 1. The minimum Gasteiger partial charge on any atom is -0.496 e. The highest BCUT2D eigenvalue weighted by atomic mass is 16.5. The zero-order valence-electron chi connectivity index (χ0n) is 23.6. The Morgan fingerprint density at radius 2 is 1.93 bits per heavy atom. The maximum Gasteiger partial charge on any atom is 0.254 e. The number of nitriles is 1. The Bertz CT molecular complexity index is 1480. The number of nitrogens with one attached hydrogen (secondary N) is 1. The number of fused-ring (bicyclic) bond motifs is 1. The van der Waals surface area contributed by atoms with E-state index in [2.05, 4.69) is 47.1 Å². The van der Waals surface area contributed by atoms with E-state index in [1.54, 1.807) is 24.0 Å². The number of amides is 2. The fraction of sp³-hybridized carbons (Fsp3) is 0.469. The number of ether oxygens (including phenoxy) is 1. The third kappa shape index (κ3) is 4.62. The van der Waals surface area contributed by atoms with Crippen LogP contribution >= 0.6 is 0 Å². The Balaban J connectivity index is 1.28. The number of hydrogen-bond donors (Lipinski definition) is 1. The number of aromatic amines is 1. The SMILES string of the molecule is COc1cc(C)c2[nH]ccc2c1CN1CCC2(CC(C#N)C2)C[C@H]1c1ccc(C(=O)N2CCN(C)C(=O)C2)cc1. The molecule has 1 N–H and O–H groups in total. The Morgan fingerprint density at radius 1 is 1.15 bits per heavy atom. The van der Waals surface area contributed by atoms with E-state index in [0.717, 1.165) is 55.6 Å².